The van der Waals surface area contributed by atoms with Crippen LogP contribution in [0.1, 0.15) is 17.7 Å². The molecule has 1 unspecified atom stereocenters. The van der Waals surface area contributed by atoms with E-state index in [0.29, 0.717) is 6.54 Å². The number of benzene rings is 2. The van der Waals surface area contributed by atoms with Gasteiger partial charge in [-0.1, -0.05) is 23.8 Å². The van der Waals surface area contributed by atoms with E-state index in [-0.39, 0.29) is 24.2 Å². The first-order valence-corrected chi connectivity index (χ1v) is 9.05. The second-order valence-electron chi connectivity index (χ2n) is 7.06. The Kier molecular flexibility index (Phi) is 4.36. The van der Waals surface area contributed by atoms with Crippen LogP contribution in [0, 0.1) is 19.8 Å². The lowest BCUT2D eigenvalue weighted by Gasteiger charge is -2.17. The number of fused-ring (bicyclic) bond motifs is 1. The van der Waals surface area contributed by atoms with Crippen LogP contribution in [0.4, 0.5) is 11.4 Å². The molecule has 1 aliphatic rings. The van der Waals surface area contributed by atoms with Gasteiger partial charge in [0.1, 0.15) is 0 Å². The summed E-state index contributed by atoms with van der Waals surface area (Å²) in [5.74, 6) is -0.521. The third-order valence-corrected chi connectivity index (χ3v) is 4.97. The van der Waals surface area contributed by atoms with Crippen molar-refractivity contribution in [2.24, 2.45) is 5.92 Å². The molecule has 0 spiro atoms. The van der Waals surface area contributed by atoms with Gasteiger partial charge in [0.2, 0.25) is 11.8 Å². The van der Waals surface area contributed by atoms with Gasteiger partial charge in [-0.2, -0.15) is 0 Å². The third kappa shape index (κ3) is 3.40. The van der Waals surface area contributed by atoms with Gasteiger partial charge in [0, 0.05) is 29.7 Å². The van der Waals surface area contributed by atoms with Gasteiger partial charge < -0.3 is 10.2 Å². The van der Waals surface area contributed by atoms with Gasteiger partial charge in [-0.25, -0.2) is 0 Å². The maximum Gasteiger partial charge on any atom is 0.229 e. The first-order valence-electron chi connectivity index (χ1n) is 9.05. The number of amides is 2. The smallest absolute Gasteiger partial charge is 0.229 e. The van der Waals surface area contributed by atoms with Gasteiger partial charge in [-0.3, -0.25) is 14.6 Å². The largest absolute Gasteiger partial charge is 0.325 e. The average molecular weight is 359 g/mol. The number of nitrogens with zero attached hydrogens (tertiary/aromatic N) is 2. The van der Waals surface area contributed by atoms with Crippen LogP contribution in [-0.4, -0.2) is 23.3 Å². The highest BCUT2D eigenvalue weighted by atomic mass is 16.2. The van der Waals surface area contributed by atoms with E-state index in [9.17, 15) is 9.59 Å². The molecule has 2 heterocycles. The molecule has 0 radical (unpaired) electrons. The fraction of sp³-hybridized carbons (Fsp3) is 0.227. The minimum Gasteiger partial charge on any atom is -0.325 e. The molecule has 0 bridgehead atoms. The van der Waals surface area contributed by atoms with E-state index in [2.05, 4.69) is 10.3 Å². The summed E-state index contributed by atoms with van der Waals surface area (Å²) in [6, 6.07) is 17.4. The van der Waals surface area contributed by atoms with Gasteiger partial charge in [-0.15, -0.1) is 0 Å². The van der Waals surface area contributed by atoms with Crippen LogP contribution in [0.3, 0.4) is 0 Å². The summed E-state index contributed by atoms with van der Waals surface area (Å²) in [5.41, 5.74) is 4.48. The molecule has 5 heteroatoms. The van der Waals surface area contributed by atoms with Crippen LogP contribution in [0.25, 0.3) is 10.9 Å². The molecule has 136 valence electrons. The molecule has 27 heavy (non-hydrogen) atoms. The van der Waals surface area contributed by atoms with Crippen molar-refractivity contribution in [1.82, 2.24) is 4.98 Å². The van der Waals surface area contributed by atoms with Crippen molar-refractivity contribution >= 4 is 34.1 Å². The molecule has 2 amide bonds. The summed E-state index contributed by atoms with van der Waals surface area (Å²) < 4.78 is 0. The highest BCUT2D eigenvalue weighted by Gasteiger charge is 2.35. The Morgan fingerprint density at radius 2 is 1.85 bits per heavy atom. The summed E-state index contributed by atoms with van der Waals surface area (Å²) in [6.07, 6.45) is 0.224. The zero-order chi connectivity index (χ0) is 19.0. The summed E-state index contributed by atoms with van der Waals surface area (Å²) in [5, 5.41) is 3.89. The second kappa shape index (κ2) is 6.83. The number of hydrogen-bond acceptors (Lipinski definition) is 3. The van der Waals surface area contributed by atoms with Crippen molar-refractivity contribution in [2.75, 3.05) is 16.8 Å². The topological polar surface area (TPSA) is 62.3 Å². The summed E-state index contributed by atoms with van der Waals surface area (Å²) in [7, 11) is 0. The zero-order valence-corrected chi connectivity index (χ0v) is 15.4. The number of carbonyl (C=O) groups is 2. The summed E-state index contributed by atoms with van der Waals surface area (Å²) in [6.45, 7) is 4.34. The van der Waals surface area contributed by atoms with Crippen LogP contribution < -0.4 is 10.2 Å². The number of hydrogen-bond donors (Lipinski definition) is 1. The average Bonchev–Trinajstić information content (AvgIpc) is 3.04. The van der Waals surface area contributed by atoms with Crippen molar-refractivity contribution in [1.29, 1.82) is 0 Å². The summed E-state index contributed by atoms with van der Waals surface area (Å²) in [4.78, 5) is 31.4. The molecule has 1 fully saturated rings. The molecule has 0 aliphatic carbocycles. The van der Waals surface area contributed by atoms with Crippen LogP contribution in [0.15, 0.2) is 54.6 Å². The number of pyridine rings is 1. The lowest BCUT2D eigenvalue weighted by Crippen LogP contribution is -2.28. The third-order valence-electron chi connectivity index (χ3n) is 4.97. The molecular formula is C22H21N3O2. The maximum atomic E-state index is 12.8. The number of aromatic nitrogens is 1. The molecular weight excluding hydrogens is 338 g/mol. The van der Waals surface area contributed by atoms with Gasteiger partial charge in [0.15, 0.2) is 0 Å². The Labute approximate surface area is 158 Å². The number of aryl methyl sites for hydroxylation is 2. The number of anilines is 2. The first-order chi connectivity index (χ1) is 13.0. The molecule has 4 rings (SSSR count). The minimum absolute atomic E-state index is 0.0192. The van der Waals surface area contributed by atoms with Crippen LogP contribution in [0.2, 0.25) is 0 Å². The van der Waals surface area contributed by atoms with Gasteiger partial charge >= 0.3 is 0 Å². The Morgan fingerprint density at radius 3 is 2.63 bits per heavy atom. The number of rotatable bonds is 3. The normalized spacial score (nSPS) is 16.7. The summed E-state index contributed by atoms with van der Waals surface area (Å²) >= 11 is 0. The van der Waals surface area contributed by atoms with E-state index in [1.165, 1.54) is 0 Å². The molecule has 1 aliphatic heterocycles. The fourth-order valence-corrected chi connectivity index (χ4v) is 3.46. The second-order valence-corrected chi connectivity index (χ2v) is 7.06. The van der Waals surface area contributed by atoms with Crippen molar-refractivity contribution in [2.45, 2.75) is 20.3 Å². The van der Waals surface area contributed by atoms with E-state index in [1.807, 2.05) is 68.4 Å². The molecule has 1 N–H and O–H groups in total. The highest BCUT2D eigenvalue weighted by molar-refractivity contribution is 6.06. The van der Waals surface area contributed by atoms with E-state index >= 15 is 0 Å². The fourth-order valence-electron chi connectivity index (χ4n) is 3.46. The highest BCUT2D eigenvalue weighted by Crippen LogP contribution is 2.28. The Morgan fingerprint density at radius 1 is 1.07 bits per heavy atom. The van der Waals surface area contributed by atoms with Crippen molar-refractivity contribution in [3.63, 3.8) is 0 Å². The van der Waals surface area contributed by atoms with Crippen LogP contribution >= 0.6 is 0 Å². The zero-order valence-electron chi connectivity index (χ0n) is 15.4. The molecule has 5 nitrogen and oxygen atoms in total. The lowest BCUT2D eigenvalue weighted by molar-refractivity contribution is -0.122. The van der Waals surface area contributed by atoms with E-state index < -0.39 is 0 Å². The lowest BCUT2D eigenvalue weighted by atomic mass is 10.1. The first kappa shape index (κ1) is 17.2. The van der Waals surface area contributed by atoms with Crippen molar-refractivity contribution in [3.8, 4) is 0 Å². The van der Waals surface area contributed by atoms with E-state index in [4.69, 9.17) is 0 Å². The Balaban J connectivity index is 1.53. The quantitative estimate of drug-likeness (QED) is 0.773. The standard InChI is InChI=1S/C22H21N3O2/c1-14-6-9-17(10-7-14)25-13-16(12-21(25)26)22(27)24-20-5-3-4-19-18(20)11-8-15(2)23-19/h3-11,16H,12-13H2,1-2H3,(H,24,27). The Bertz CT molecular complexity index is 1030. The minimum atomic E-state index is -0.368. The predicted molar refractivity (Wildman–Crippen MR) is 107 cm³/mol. The Hall–Kier alpha value is -3.21. The molecule has 1 aromatic heterocycles. The van der Waals surface area contributed by atoms with Crippen LogP contribution in [0.5, 0.6) is 0 Å². The molecule has 1 saturated heterocycles. The molecule has 1 atom stereocenters. The van der Waals surface area contributed by atoms with Gasteiger partial charge in [0.05, 0.1) is 17.1 Å². The van der Waals surface area contributed by atoms with Crippen molar-refractivity contribution in [3.05, 3.63) is 65.9 Å². The van der Waals surface area contributed by atoms with Crippen molar-refractivity contribution < 1.29 is 9.59 Å². The monoisotopic (exact) mass is 359 g/mol. The van der Waals surface area contributed by atoms with Gasteiger partial charge in [-0.05, 0) is 50.2 Å². The SMILES string of the molecule is Cc1ccc(N2CC(C(=O)Nc3cccc4nc(C)ccc34)CC2=O)cc1. The van der Waals surface area contributed by atoms with Gasteiger partial charge in [0.25, 0.3) is 0 Å². The molecule has 0 saturated carbocycles. The molecule has 2 aromatic carbocycles. The van der Waals surface area contributed by atoms with Crippen LogP contribution in [-0.2, 0) is 9.59 Å². The number of carbonyl (C=O) groups excluding carboxylic acids is 2. The maximum absolute atomic E-state index is 12.8. The van der Waals surface area contributed by atoms with E-state index in [1.54, 1.807) is 4.90 Å². The van der Waals surface area contributed by atoms with E-state index in [0.717, 1.165) is 33.5 Å². The number of nitrogens with one attached hydrogen (secondary N) is 1. The molecule has 3 aromatic rings. The predicted octanol–water partition coefficient (Wildman–Crippen LogP) is 3.84.